The highest BCUT2D eigenvalue weighted by Gasteiger charge is 2.40. The number of ether oxygens (including phenoxy) is 1. The van der Waals surface area contributed by atoms with Gasteiger partial charge in [-0.1, -0.05) is 6.42 Å². The Hall–Kier alpha value is -2.18. The van der Waals surface area contributed by atoms with Crippen molar-refractivity contribution < 1.29 is 19.4 Å². The molecule has 2 fully saturated rings. The topological polar surface area (TPSA) is 101 Å². The maximum Gasteiger partial charge on any atom is 0.338 e. The van der Waals surface area contributed by atoms with Gasteiger partial charge >= 0.3 is 12.0 Å². The molecule has 2 aliphatic rings. The Morgan fingerprint density at radius 3 is 2.62 bits per heavy atom. The van der Waals surface area contributed by atoms with E-state index in [9.17, 15) is 9.59 Å². The van der Waals surface area contributed by atoms with E-state index in [1.54, 1.807) is 0 Å². The van der Waals surface area contributed by atoms with Gasteiger partial charge in [-0.05, 0) is 31.1 Å². The summed E-state index contributed by atoms with van der Waals surface area (Å²) in [5.74, 6) is 0.104. The van der Waals surface area contributed by atoms with E-state index in [4.69, 9.17) is 9.84 Å². The number of aromatic nitrogens is 2. The molecule has 112 valence electrons. The van der Waals surface area contributed by atoms with Crippen molar-refractivity contribution in [1.29, 1.82) is 0 Å². The molecule has 1 aromatic heterocycles. The van der Waals surface area contributed by atoms with Gasteiger partial charge in [0.25, 0.3) is 5.91 Å². The Balaban J connectivity index is 1.46. The van der Waals surface area contributed by atoms with Gasteiger partial charge in [-0.15, -0.1) is 0 Å². The number of carbonyl (C=O) groups excluding carboxylic acids is 1. The second-order valence-corrected chi connectivity index (χ2v) is 5.70. The van der Waals surface area contributed by atoms with E-state index in [1.165, 1.54) is 19.3 Å². The Bertz CT molecular complexity index is 546. The van der Waals surface area contributed by atoms with Crippen molar-refractivity contribution in [3.63, 3.8) is 0 Å². The molecular formula is C14H17N3O4. The van der Waals surface area contributed by atoms with Gasteiger partial charge in [-0.3, -0.25) is 4.79 Å². The number of amides is 1. The normalized spacial score (nSPS) is 26.6. The third-order valence-electron chi connectivity index (χ3n) is 4.29. The van der Waals surface area contributed by atoms with Crippen LogP contribution >= 0.6 is 0 Å². The second kappa shape index (κ2) is 5.67. The summed E-state index contributed by atoms with van der Waals surface area (Å²) in [4.78, 5) is 30.0. The molecule has 1 aromatic rings. The number of hydrogen-bond acceptors (Lipinski definition) is 5. The van der Waals surface area contributed by atoms with Crippen LogP contribution in [0, 0.1) is 11.8 Å². The monoisotopic (exact) mass is 291 g/mol. The molecule has 3 atom stereocenters. The van der Waals surface area contributed by atoms with Gasteiger partial charge in [-0.25, -0.2) is 14.8 Å². The van der Waals surface area contributed by atoms with E-state index in [0.29, 0.717) is 5.92 Å². The molecule has 2 saturated carbocycles. The summed E-state index contributed by atoms with van der Waals surface area (Å²) in [6.45, 7) is -0.152. The molecule has 0 aliphatic heterocycles. The Labute approximate surface area is 121 Å². The van der Waals surface area contributed by atoms with Gasteiger partial charge in [-0.2, -0.15) is 0 Å². The van der Waals surface area contributed by atoms with Crippen LogP contribution in [0.2, 0.25) is 0 Å². The number of rotatable bonds is 5. The predicted octanol–water partition coefficient (Wildman–Crippen LogP) is 0.858. The van der Waals surface area contributed by atoms with Gasteiger partial charge in [0.15, 0.2) is 6.61 Å². The minimum atomic E-state index is -1.10. The first kappa shape index (κ1) is 13.8. The average molecular weight is 291 g/mol. The van der Waals surface area contributed by atoms with Crippen LogP contribution < -0.4 is 10.1 Å². The van der Waals surface area contributed by atoms with Crippen molar-refractivity contribution in [2.75, 3.05) is 6.61 Å². The number of carboxylic acids is 1. The SMILES string of the molecule is O=C(COc1ncc(C(=O)O)cn1)NC1CC2CCC1C2. The molecule has 1 heterocycles. The first-order valence-electron chi connectivity index (χ1n) is 7.09. The minimum absolute atomic E-state index is 0.00286. The highest BCUT2D eigenvalue weighted by Crippen LogP contribution is 2.44. The zero-order valence-corrected chi connectivity index (χ0v) is 11.5. The third-order valence-corrected chi connectivity index (χ3v) is 4.29. The molecule has 0 spiro atoms. The van der Waals surface area contributed by atoms with Gasteiger partial charge < -0.3 is 15.2 Å². The number of carboxylic acid groups (broad SMARTS) is 1. The van der Waals surface area contributed by atoms with Crippen molar-refractivity contribution in [1.82, 2.24) is 15.3 Å². The highest BCUT2D eigenvalue weighted by atomic mass is 16.5. The molecule has 2 aliphatic carbocycles. The van der Waals surface area contributed by atoms with Crippen molar-refractivity contribution >= 4 is 11.9 Å². The third kappa shape index (κ3) is 3.12. The predicted molar refractivity (Wildman–Crippen MR) is 71.9 cm³/mol. The summed E-state index contributed by atoms with van der Waals surface area (Å²) < 4.78 is 5.17. The van der Waals surface area contributed by atoms with Crippen molar-refractivity contribution in [3.05, 3.63) is 18.0 Å². The molecule has 3 rings (SSSR count). The molecule has 7 nitrogen and oxygen atoms in total. The number of carbonyl (C=O) groups is 2. The standard InChI is InChI=1S/C14H17N3O4/c18-12(17-11-4-8-1-2-9(11)3-8)7-21-14-15-5-10(6-16-14)13(19)20/h5-6,8-9,11H,1-4,7H2,(H,17,18)(H,19,20). The number of fused-ring (bicyclic) bond motifs is 2. The molecule has 0 radical (unpaired) electrons. The first-order valence-corrected chi connectivity index (χ1v) is 7.09. The molecule has 2 N–H and O–H groups in total. The number of hydrogen-bond donors (Lipinski definition) is 2. The molecule has 7 heteroatoms. The van der Waals surface area contributed by atoms with Crippen molar-refractivity contribution in [2.24, 2.45) is 11.8 Å². The maximum atomic E-state index is 11.8. The van der Waals surface area contributed by atoms with E-state index in [2.05, 4.69) is 15.3 Å². The van der Waals surface area contributed by atoms with Gasteiger partial charge in [0.05, 0.1) is 5.56 Å². The fraction of sp³-hybridized carbons (Fsp3) is 0.571. The van der Waals surface area contributed by atoms with Crippen LogP contribution in [0.4, 0.5) is 0 Å². The summed E-state index contributed by atoms with van der Waals surface area (Å²) in [6, 6.07) is 0.276. The van der Waals surface area contributed by atoms with E-state index < -0.39 is 5.97 Å². The fourth-order valence-electron chi connectivity index (χ4n) is 3.30. The zero-order chi connectivity index (χ0) is 14.8. The molecule has 3 unspecified atom stereocenters. The smallest absolute Gasteiger partial charge is 0.338 e. The summed E-state index contributed by atoms with van der Waals surface area (Å²) in [6.07, 6.45) is 7.09. The summed E-state index contributed by atoms with van der Waals surface area (Å²) in [5.41, 5.74) is -0.0196. The zero-order valence-electron chi connectivity index (χ0n) is 11.5. The van der Waals surface area contributed by atoms with Crippen LogP contribution in [0.15, 0.2) is 12.4 Å². The molecule has 2 bridgehead atoms. The van der Waals surface area contributed by atoms with Crippen molar-refractivity contribution in [3.8, 4) is 6.01 Å². The lowest BCUT2D eigenvalue weighted by atomic mass is 9.95. The fourth-order valence-corrected chi connectivity index (χ4v) is 3.30. The van der Waals surface area contributed by atoms with Crippen LogP contribution in [0.25, 0.3) is 0 Å². The van der Waals surface area contributed by atoms with Crippen molar-refractivity contribution in [2.45, 2.75) is 31.7 Å². The first-order chi connectivity index (χ1) is 10.1. The second-order valence-electron chi connectivity index (χ2n) is 5.70. The Morgan fingerprint density at radius 1 is 1.29 bits per heavy atom. The lowest BCUT2D eigenvalue weighted by Crippen LogP contribution is -2.41. The number of nitrogens with one attached hydrogen (secondary N) is 1. The highest BCUT2D eigenvalue weighted by molar-refractivity contribution is 5.86. The van der Waals surface area contributed by atoms with Gasteiger partial charge in [0.1, 0.15) is 0 Å². The summed E-state index contributed by atoms with van der Waals surface area (Å²) in [7, 11) is 0. The van der Waals surface area contributed by atoms with Gasteiger partial charge in [0.2, 0.25) is 0 Å². The largest absolute Gasteiger partial charge is 0.478 e. The van der Waals surface area contributed by atoms with Crippen LogP contribution in [-0.2, 0) is 4.79 Å². The van der Waals surface area contributed by atoms with Crippen LogP contribution in [-0.4, -0.2) is 39.6 Å². The van der Waals surface area contributed by atoms with Crippen LogP contribution in [0.1, 0.15) is 36.0 Å². The van der Waals surface area contributed by atoms with Gasteiger partial charge in [0, 0.05) is 18.4 Å². The molecule has 0 saturated heterocycles. The van der Waals surface area contributed by atoms with E-state index in [1.807, 2.05) is 0 Å². The Morgan fingerprint density at radius 2 is 2.05 bits per heavy atom. The van der Waals surface area contributed by atoms with E-state index in [0.717, 1.165) is 24.7 Å². The maximum absolute atomic E-state index is 11.8. The summed E-state index contributed by atoms with van der Waals surface area (Å²) >= 11 is 0. The summed E-state index contributed by atoms with van der Waals surface area (Å²) in [5, 5.41) is 11.7. The lowest BCUT2D eigenvalue weighted by molar-refractivity contribution is -0.124. The molecule has 1 amide bonds. The van der Waals surface area contributed by atoms with E-state index in [-0.39, 0.29) is 30.1 Å². The Kier molecular flexibility index (Phi) is 3.72. The van der Waals surface area contributed by atoms with E-state index >= 15 is 0 Å². The molecule has 21 heavy (non-hydrogen) atoms. The average Bonchev–Trinajstić information content (AvgIpc) is 3.08. The molecular weight excluding hydrogens is 274 g/mol. The number of aromatic carboxylic acids is 1. The lowest BCUT2D eigenvalue weighted by Gasteiger charge is -2.22. The quantitative estimate of drug-likeness (QED) is 0.834. The minimum Gasteiger partial charge on any atom is -0.478 e. The number of nitrogens with zero attached hydrogens (tertiary/aromatic N) is 2. The van der Waals surface area contributed by atoms with Crippen LogP contribution in [0.3, 0.4) is 0 Å². The molecule has 0 aromatic carbocycles. The van der Waals surface area contributed by atoms with Crippen LogP contribution in [0.5, 0.6) is 6.01 Å².